The Kier molecular flexibility index (Phi) is 2.32. The van der Waals surface area contributed by atoms with E-state index in [0.717, 1.165) is 42.5 Å². The molecule has 1 saturated heterocycles. The third kappa shape index (κ3) is 1.68. The quantitative estimate of drug-likeness (QED) is 0.802. The maximum Gasteiger partial charge on any atom is 0.192 e. The first-order valence-electron chi connectivity index (χ1n) is 7.35. The van der Waals surface area contributed by atoms with Crippen molar-refractivity contribution < 1.29 is 14.2 Å². The van der Waals surface area contributed by atoms with Gasteiger partial charge in [0.05, 0.1) is 12.6 Å². The lowest BCUT2D eigenvalue weighted by molar-refractivity contribution is 0.00170. The van der Waals surface area contributed by atoms with E-state index < -0.39 is 0 Å². The summed E-state index contributed by atoms with van der Waals surface area (Å²) in [6, 6.07) is 7.72. The van der Waals surface area contributed by atoms with Gasteiger partial charge in [0.25, 0.3) is 0 Å². The number of rotatable bonds is 1. The Morgan fingerprint density at radius 3 is 2.71 bits per heavy atom. The molecule has 0 spiro atoms. The van der Waals surface area contributed by atoms with E-state index in [0.29, 0.717) is 6.61 Å². The molecule has 0 saturated carbocycles. The fourth-order valence-corrected chi connectivity index (χ4v) is 3.37. The molecule has 5 rings (SSSR count). The number of hydrogen-bond donors (Lipinski definition) is 0. The third-order valence-corrected chi connectivity index (χ3v) is 4.39. The smallest absolute Gasteiger partial charge is 0.192 e. The van der Waals surface area contributed by atoms with Crippen LogP contribution in [0.15, 0.2) is 24.3 Å². The van der Waals surface area contributed by atoms with E-state index in [1.165, 1.54) is 0 Å². The van der Waals surface area contributed by atoms with Crippen molar-refractivity contribution in [1.29, 1.82) is 0 Å². The molecule has 1 unspecified atom stereocenters. The summed E-state index contributed by atoms with van der Waals surface area (Å²) in [4.78, 5) is 0. The second-order valence-corrected chi connectivity index (χ2v) is 5.72. The average molecular weight is 285 g/mol. The molecular formula is C15H15N3O3. The zero-order valence-electron chi connectivity index (χ0n) is 11.4. The number of ether oxygens (including phenoxy) is 3. The lowest BCUT2D eigenvalue weighted by atomic mass is 10.2. The minimum Gasteiger partial charge on any atom is -0.485 e. The van der Waals surface area contributed by atoms with Crippen LogP contribution in [-0.4, -0.2) is 27.5 Å². The van der Waals surface area contributed by atoms with Crippen LogP contribution in [-0.2, 0) is 11.3 Å². The molecule has 2 aromatic rings. The highest BCUT2D eigenvalue weighted by molar-refractivity contribution is 5.41. The summed E-state index contributed by atoms with van der Waals surface area (Å²) in [5.41, 5.74) is 0. The standard InChI is InChI=1S/C15H15N3O3/c1-2-4-11-10(3-1)19-8-13(21-11)15-17-16-14-12-6-5-9(20-12)7-18(14)15/h1-4,9,12-13H,5-8H2/t9-,12+,13?/m1/s1. The molecule has 21 heavy (non-hydrogen) atoms. The number of fused-ring (bicyclic) bond motifs is 5. The first-order chi connectivity index (χ1) is 10.4. The van der Waals surface area contributed by atoms with E-state index in [-0.39, 0.29) is 18.3 Å². The Bertz CT molecular complexity index is 699. The van der Waals surface area contributed by atoms with Crippen molar-refractivity contribution in [2.45, 2.75) is 37.7 Å². The number of para-hydroxylation sites is 2. The summed E-state index contributed by atoms with van der Waals surface area (Å²) >= 11 is 0. The SMILES string of the molecule is c1ccc2c(c1)OCC(c1nnc3n1C[C@H]1CC[C@@H]3O1)O2. The first kappa shape index (κ1) is 11.6. The van der Waals surface area contributed by atoms with Gasteiger partial charge in [0.1, 0.15) is 12.7 Å². The molecule has 1 aromatic heterocycles. The number of aromatic nitrogens is 3. The fourth-order valence-electron chi connectivity index (χ4n) is 3.37. The highest BCUT2D eigenvalue weighted by Crippen LogP contribution is 2.40. The normalized spacial score (nSPS) is 29.2. The van der Waals surface area contributed by atoms with Crippen molar-refractivity contribution in [3.63, 3.8) is 0 Å². The van der Waals surface area contributed by atoms with Gasteiger partial charge in [-0.3, -0.25) is 0 Å². The van der Waals surface area contributed by atoms with Gasteiger partial charge in [-0.05, 0) is 25.0 Å². The first-order valence-corrected chi connectivity index (χ1v) is 7.35. The van der Waals surface area contributed by atoms with Crippen LogP contribution < -0.4 is 9.47 Å². The second-order valence-electron chi connectivity index (χ2n) is 5.72. The van der Waals surface area contributed by atoms with Crippen molar-refractivity contribution >= 4 is 0 Å². The van der Waals surface area contributed by atoms with Gasteiger partial charge in [-0.2, -0.15) is 0 Å². The highest BCUT2D eigenvalue weighted by atomic mass is 16.6. The predicted octanol–water partition coefficient (Wildman–Crippen LogP) is 2.02. The molecule has 0 aliphatic carbocycles. The lowest BCUT2D eigenvalue weighted by Crippen LogP contribution is -2.29. The molecule has 1 fully saturated rings. The van der Waals surface area contributed by atoms with Gasteiger partial charge >= 0.3 is 0 Å². The van der Waals surface area contributed by atoms with Crippen LogP contribution in [0.1, 0.15) is 36.7 Å². The van der Waals surface area contributed by atoms with Crippen molar-refractivity contribution in [3.8, 4) is 11.5 Å². The largest absolute Gasteiger partial charge is 0.485 e. The fraction of sp³-hybridized carbons (Fsp3) is 0.467. The maximum absolute atomic E-state index is 6.04. The molecule has 1 aromatic carbocycles. The summed E-state index contributed by atoms with van der Waals surface area (Å²) in [5.74, 6) is 3.33. The average Bonchev–Trinajstić information content (AvgIpc) is 3.12. The van der Waals surface area contributed by atoms with E-state index in [4.69, 9.17) is 14.2 Å². The van der Waals surface area contributed by atoms with Crippen LogP contribution in [0.3, 0.4) is 0 Å². The summed E-state index contributed by atoms with van der Waals surface area (Å²) in [6.07, 6.45) is 2.31. The van der Waals surface area contributed by atoms with Crippen LogP contribution >= 0.6 is 0 Å². The Labute approximate surface area is 121 Å². The minimum atomic E-state index is -0.210. The Morgan fingerprint density at radius 1 is 1.00 bits per heavy atom. The van der Waals surface area contributed by atoms with E-state index in [2.05, 4.69) is 14.8 Å². The minimum absolute atomic E-state index is 0.0989. The molecule has 108 valence electrons. The van der Waals surface area contributed by atoms with Crippen molar-refractivity contribution in [1.82, 2.24) is 14.8 Å². The van der Waals surface area contributed by atoms with E-state index in [9.17, 15) is 0 Å². The molecule has 0 radical (unpaired) electrons. The molecule has 3 atom stereocenters. The molecule has 2 bridgehead atoms. The maximum atomic E-state index is 6.04. The number of hydrogen-bond acceptors (Lipinski definition) is 5. The topological polar surface area (TPSA) is 58.4 Å². The Hall–Kier alpha value is -2.08. The summed E-state index contributed by atoms with van der Waals surface area (Å²) in [7, 11) is 0. The zero-order valence-corrected chi connectivity index (χ0v) is 11.4. The summed E-state index contributed by atoms with van der Waals surface area (Å²) < 4.78 is 19.9. The molecule has 0 N–H and O–H groups in total. The van der Waals surface area contributed by atoms with Crippen LogP contribution in [0.4, 0.5) is 0 Å². The van der Waals surface area contributed by atoms with Crippen LogP contribution in [0.5, 0.6) is 11.5 Å². The predicted molar refractivity (Wildman–Crippen MR) is 72.2 cm³/mol. The molecule has 3 aliphatic heterocycles. The van der Waals surface area contributed by atoms with Crippen LogP contribution in [0, 0.1) is 0 Å². The van der Waals surface area contributed by atoms with Gasteiger partial charge in [-0.25, -0.2) is 0 Å². The van der Waals surface area contributed by atoms with Crippen molar-refractivity contribution in [2.75, 3.05) is 6.61 Å². The Balaban J connectivity index is 1.50. The van der Waals surface area contributed by atoms with Crippen LogP contribution in [0.2, 0.25) is 0 Å². The third-order valence-electron chi connectivity index (χ3n) is 4.39. The van der Waals surface area contributed by atoms with Crippen LogP contribution in [0.25, 0.3) is 0 Å². The summed E-state index contributed by atoms with van der Waals surface area (Å²) in [5, 5.41) is 8.66. The molecule has 0 amide bonds. The van der Waals surface area contributed by atoms with E-state index in [1.54, 1.807) is 0 Å². The molecule has 6 nitrogen and oxygen atoms in total. The van der Waals surface area contributed by atoms with Crippen molar-refractivity contribution in [2.24, 2.45) is 0 Å². The lowest BCUT2D eigenvalue weighted by Gasteiger charge is -2.28. The molecule has 3 aliphatic rings. The van der Waals surface area contributed by atoms with Gasteiger partial charge in [0.2, 0.25) is 0 Å². The monoisotopic (exact) mass is 285 g/mol. The van der Waals surface area contributed by atoms with Crippen molar-refractivity contribution in [3.05, 3.63) is 35.9 Å². The van der Waals surface area contributed by atoms with Gasteiger partial charge in [0, 0.05) is 0 Å². The summed E-state index contributed by atoms with van der Waals surface area (Å²) in [6.45, 7) is 1.28. The van der Waals surface area contributed by atoms with Gasteiger partial charge in [-0.1, -0.05) is 12.1 Å². The zero-order chi connectivity index (χ0) is 13.8. The van der Waals surface area contributed by atoms with Gasteiger partial charge < -0.3 is 18.8 Å². The van der Waals surface area contributed by atoms with Gasteiger partial charge in [-0.15, -0.1) is 10.2 Å². The molecule has 6 heteroatoms. The second kappa shape index (κ2) is 4.21. The van der Waals surface area contributed by atoms with E-state index in [1.807, 2.05) is 24.3 Å². The van der Waals surface area contributed by atoms with Gasteiger partial charge in [0.15, 0.2) is 29.3 Å². The number of benzene rings is 1. The highest BCUT2D eigenvalue weighted by Gasteiger charge is 2.39. The van der Waals surface area contributed by atoms with E-state index >= 15 is 0 Å². The molecular weight excluding hydrogens is 270 g/mol. The number of nitrogens with zero attached hydrogens (tertiary/aromatic N) is 3. The Morgan fingerprint density at radius 2 is 1.81 bits per heavy atom. The molecule has 4 heterocycles.